The molecule has 2 N–H and O–H groups in total. The number of amides is 2. The van der Waals surface area contributed by atoms with Gasteiger partial charge in [-0.25, -0.2) is 8.78 Å². The van der Waals surface area contributed by atoms with Crippen LogP contribution in [0, 0.1) is 17.6 Å². The maximum absolute atomic E-state index is 14.0. The summed E-state index contributed by atoms with van der Waals surface area (Å²) in [6.45, 7) is -0.228. The first-order valence-corrected chi connectivity index (χ1v) is 8.12. The molecule has 0 saturated heterocycles. The molecule has 130 valence electrons. The molecule has 0 bridgehead atoms. The van der Waals surface area contributed by atoms with Crippen molar-refractivity contribution in [1.82, 2.24) is 10.6 Å². The topological polar surface area (TPSA) is 58.2 Å². The van der Waals surface area contributed by atoms with E-state index >= 15 is 0 Å². The van der Waals surface area contributed by atoms with Crippen molar-refractivity contribution in [1.29, 1.82) is 0 Å². The van der Waals surface area contributed by atoms with Crippen molar-refractivity contribution in [3.8, 4) is 0 Å². The van der Waals surface area contributed by atoms with Crippen molar-refractivity contribution in [3.05, 3.63) is 71.3 Å². The molecule has 1 aliphatic rings. The van der Waals surface area contributed by atoms with E-state index in [4.69, 9.17) is 0 Å². The fourth-order valence-electron chi connectivity index (χ4n) is 2.71. The van der Waals surface area contributed by atoms with Crippen LogP contribution in [0.3, 0.4) is 0 Å². The molecule has 3 rings (SSSR count). The van der Waals surface area contributed by atoms with E-state index in [-0.39, 0.29) is 23.9 Å². The number of hydrogen-bond acceptors (Lipinski definition) is 2. The van der Waals surface area contributed by atoms with Crippen LogP contribution in [-0.2, 0) is 4.79 Å². The summed E-state index contributed by atoms with van der Waals surface area (Å²) in [4.78, 5) is 24.1. The lowest BCUT2D eigenvalue weighted by Gasteiger charge is -2.19. The third kappa shape index (κ3) is 4.41. The van der Waals surface area contributed by atoms with E-state index in [2.05, 4.69) is 10.6 Å². The molecule has 1 atom stereocenters. The maximum atomic E-state index is 14.0. The molecular weight excluding hydrogens is 326 g/mol. The Kier molecular flexibility index (Phi) is 5.07. The Labute approximate surface area is 144 Å². The molecule has 1 aliphatic carbocycles. The third-order valence-electron chi connectivity index (χ3n) is 4.15. The van der Waals surface area contributed by atoms with Gasteiger partial charge in [0.2, 0.25) is 5.91 Å². The van der Waals surface area contributed by atoms with Gasteiger partial charge in [-0.05, 0) is 49.1 Å². The van der Waals surface area contributed by atoms with Crippen molar-refractivity contribution in [2.24, 2.45) is 5.92 Å². The number of benzene rings is 2. The molecule has 0 heterocycles. The van der Waals surface area contributed by atoms with Gasteiger partial charge in [-0.2, -0.15) is 0 Å². The first-order valence-electron chi connectivity index (χ1n) is 8.12. The zero-order valence-corrected chi connectivity index (χ0v) is 13.5. The van der Waals surface area contributed by atoms with Crippen LogP contribution in [0.5, 0.6) is 0 Å². The highest BCUT2D eigenvalue weighted by molar-refractivity contribution is 5.96. The fourth-order valence-corrected chi connectivity index (χ4v) is 2.71. The number of rotatable bonds is 6. The second kappa shape index (κ2) is 7.42. The van der Waals surface area contributed by atoms with E-state index in [9.17, 15) is 18.4 Å². The van der Waals surface area contributed by atoms with Crippen LogP contribution in [0.15, 0.2) is 48.5 Å². The monoisotopic (exact) mass is 344 g/mol. The normalized spacial score (nSPS) is 14.6. The molecule has 4 nitrogen and oxygen atoms in total. The summed E-state index contributed by atoms with van der Waals surface area (Å²) in [6, 6.07) is 11.2. The first-order chi connectivity index (χ1) is 12.0. The molecule has 0 radical (unpaired) electrons. The molecule has 6 heteroatoms. The lowest BCUT2D eigenvalue weighted by molar-refractivity contribution is -0.121. The van der Waals surface area contributed by atoms with Crippen LogP contribution < -0.4 is 10.6 Å². The van der Waals surface area contributed by atoms with Gasteiger partial charge < -0.3 is 10.6 Å². The van der Waals surface area contributed by atoms with Gasteiger partial charge in [-0.3, -0.25) is 9.59 Å². The Bertz CT molecular complexity index is 776. The SMILES string of the molecule is O=C(CNC(=O)c1ccccc1)NC(c1cc(F)ccc1F)C1CC1. The van der Waals surface area contributed by atoms with Gasteiger partial charge in [0.1, 0.15) is 11.6 Å². The summed E-state index contributed by atoms with van der Waals surface area (Å²) in [6.07, 6.45) is 1.69. The number of hydrogen-bond donors (Lipinski definition) is 2. The van der Waals surface area contributed by atoms with Gasteiger partial charge in [-0.1, -0.05) is 18.2 Å². The Morgan fingerprint density at radius 3 is 2.48 bits per heavy atom. The average molecular weight is 344 g/mol. The van der Waals surface area contributed by atoms with Crippen LogP contribution in [0.25, 0.3) is 0 Å². The van der Waals surface area contributed by atoms with E-state index < -0.39 is 23.6 Å². The van der Waals surface area contributed by atoms with Crippen molar-refractivity contribution in [3.63, 3.8) is 0 Å². The zero-order valence-electron chi connectivity index (χ0n) is 13.5. The van der Waals surface area contributed by atoms with Gasteiger partial charge in [0.05, 0.1) is 12.6 Å². The molecule has 1 fully saturated rings. The Balaban J connectivity index is 1.62. The Morgan fingerprint density at radius 1 is 1.08 bits per heavy atom. The van der Waals surface area contributed by atoms with Crippen LogP contribution in [0.4, 0.5) is 8.78 Å². The summed E-state index contributed by atoms with van der Waals surface area (Å²) in [7, 11) is 0. The molecule has 2 aromatic carbocycles. The Hall–Kier alpha value is -2.76. The molecule has 25 heavy (non-hydrogen) atoms. The second-order valence-electron chi connectivity index (χ2n) is 6.10. The minimum atomic E-state index is -0.586. The molecule has 2 aromatic rings. The highest BCUT2D eigenvalue weighted by Gasteiger charge is 2.35. The lowest BCUT2D eigenvalue weighted by Crippen LogP contribution is -2.39. The number of halogens is 2. The highest BCUT2D eigenvalue weighted by atomic mass is 19.1. The number of carbonyl (C=O) groups is 2. The molecule has 1 saturated carbocycles. The lowest BCUT2D eigenvalue weighted by atomic mass is 10.0. The van der Waals surface area contributed by atoms with Crippen LogP contribution in [0.1, 0.15) is 34.8 Å². The largest absolute Gasteiger partial charge is 0.347 e. The third-order valence-corrected chi connectivity index (χ3v) is 4.15. The van der Waals surface area contributed by atoms with Gasteiger partial charge in [0.15, 0.2) is 0 Å². The standard InChI is InChI=1S/C19H18F2N2O2/c20-14-8-9-16(21)15(10-14)18(12-6-7-12)23-17(24)11-22-19(25)13-4-2-1-3-5-13/h1-5,8-10,12,18H,6-7,11H2,(H,22,25)(H,23,24). The van der Waals surface area contributed by atoms with E-state index in [1.54, 1.807) is 30.3 Å². The van der Waals surface area contributed by atoms with E-state index in [1.165, 1.54) is 0 Å². The number of carbonyl (C=O) groups excluding carboxylic acids is 2. The van der Waals surface area contributed by atoms with Gasteiger partial charge in [0.25, 0.3) is 5.91 Å². The van der Waals surface area contributed by atoms with Crippen molar-refractivity contribution >= 4 is 11.8 Å². The van der Waals surface area contributed by atoms with Crippen molar-refractivity contribution in [2.75, 3.05) is 6.54 Å². The smallest absolute Gasteiger partial charge is 0.251 e. The molecule has 2 amide bonds. The summed E-state index contributed by atoms with van der Waals surface area (Å²) in [5.74, 6) is -1.81. The van der Waals surface area contributed by atoms with Crippen molar-refractivity contribution in [2.45, 2.75) is 18.9 Å². The predicted octanol–water partition coefficient (Wildman–Crippen LogP) is 2.96. The van der Waals surface area contributed by atoms with E-state index in [0.29, 0.717) is 5.56 Å². The summed E-state index contributed by atoms with van der Waals surface area (Å²) in [5.41, 5.74) is 0.593. The van der Waals surface area contributed by atoms with E-state index in [1.807, 2.05) is 0 Å². The second-order valence-corrected chi connectivity index (χ2v) is 6.10. The van der Waals surface area contributed by atoms with Crippen LogP contribution in [-0.4, -0.2) is 18.4 Å². The molecule has 0 spiro atoms. The zero-order chi connectivity index (χ0) is 17.8. The summed E-state index contributed by atoms with van der Waals surface area (Å²) < 4.78 is 27.4. The molecule has 0 aliphatic heterocycles. The number of nitrogens with one attached hydrogen (secondary N) is 2. The quantitative estimate of drug-likeness (QED) is 0.846. The van der Waals surface area contributed by atoms with Crippen LogP contribution >= 0.6 is 0 Å². The fraction of sp³-hybridized carbons (Fsp3) is 0.263. The van der Waals surface area contributed by atoms with E-state index in [0.717, 1.165) is 31.0 Å². The predicted molar refractivity (Wildman–Crippen MR) is 88.7 cm³/mol. The Morgan fingerprint density at radius 2 is 1.80 bits per heavy atom. The van der Waals surface area contributed by atoms with Gasteiger partial charge in [-0.15, -0.1) is 0 Å². The maximum Gasteiger partial charge on any atom is 0.251 e. The molecule has 0 aromatic heterocycles. The summed E-state index contributed by atoms with van der Waals surface area (Å²) >= 11 is 0. The highest BCUT2D eigenvalue weighted by Crippen LogP contribution is 2.41. The van der Waals surface area contributed by atoms with Gasteiger partial charge >= 0.3 is 0 Å². The van der Waals surface area contributed by atoms with Crippen LogP contribution in [0.2, 0.25) is 0 Å². The summed E-state index contributed by atoms with van der Waals surface area (Å²) in [5, 5.41) is 5.23. The van der Waals surface area contributed by atoms with Gasteiger partial charge in [0, 0.05) is 11.1 Å². The van der Waals surface area contributed by atoms with Crippen molar-refractivity contribution < 1.29 is 18.4 Å². The molecular formula is C19H18F2N2O2. The first kappa shape index (κ1) is 17.1. The molecule has 1 unspecified atom stereocenters. The minimum Gasteiger partial charge on any atom is -0.347 e. The average Bonchev–Trinajstić information content (AvgIpc) is 3.45. The minimum absolute atomic E-state index is 0.0880.